The second kappa shape index (κ2) is 7.11. The van der Waals surface area contributed by atoms with Crippen molar-refractivity contribution < 1.29 is 14.3 Å². The molecule has 0 saturated heterocycles. The van der Waals surface area contributed by atoms with Gasteiger partial charge in [-0.2, -0.15) is 5.21 Å². The number of rotatable bonds is 6. The van der Waals surface area contributed by atoms with E-state index in [-0.39, 0.29) is 18.6 Å². The zero-order chi connectivity index (χ0) is 14.4. The normalized spacial score (nSPS) is 17.6. The van der Waals surface area contributed by atoms with E-state index in [2.05, 4.69) is 26.7 Å². The highest BCUT2D eigenvalue weighted by atomic mass is 16.6. The molecule has 1 unspecified atom stereocenters. The maximum atomic E-state index is 11.9. The summed E-state index contributed by atoms with van der Waals surface area (Å²) in [5, 5.41) is 13.9. The lowest BCUT2D eigenvalue weighted by Crippen LogP contribution is -2.43. The quantitative estimate of drug-likeness (QED) is 0.573. The van der Waals surface area contributed by atoms with E-state index in [9.17, 15) is 4.79 Å². The molecule has 2 rings (SSSR count). The first-order valence-corrected chi connectivity index (χ1v) is 6.55. The Morgan fingerprint density at radius 3 is 3.10 bits per heavy atom. The van der Waals surface area contributed by atoms with Gasteiger partial charge in [-0.3, -0.25) is 9.69 Å². The topological polar surface area (TPSA) is 93.2 Å². The Hall–Kier alpha value is -1.80. The van der Waals surface area contributed by atoms with Crippen LogP contribution in [0.1, 0.15) is 19.2 Å². The molecule has 1 N–H and O–H groups in total. The molecule has 0 aromatic carbocycles. The summed E-state index contributed by atoms with van der Waals surface area (Å²) in [5.74, 6) is 0.339. The summed E-state index contributed by atoms with van der Waals surface area (Å²) >= 11 is 0. The Morgan fingerprint density at radius 2 is 2.40 bits per heavy atom. The van der Waals surface area contributed by atoms with Crippen molar-refractivity contribution in [2.24, 2.45) is 0 Å². The van der Waals surface area contributed by atoms with E-state index in [4.69, 9.17) is 9.47 Å². The van der Waals surface area contributed by atoms with Crippen LogP contribution in [0.4, 0.5) is 0 Å². The van der Waals surface area contributed by atoms with Crippen molar-refractivity contribution in [3.63, 3.8) is 0 Å². The fourth-order valence-corrected chi connectivity index (χ4v) is 2.05. The van der Waals surface area contributed by atoms with Crippen LogP contribution in [0.15, 0.2) is 6.08 Å². The number of aromatic nitrogens is 4. The predicted octanol–water partition coefficient (Wildman–Crippen LogP) is -0.133. The van der Waals surface area contributed by atoms with Crippen LogP contribution >= 0.6 is 0 Å². The van der Waals surface area contributed by atoms with E-state index in [0.717, 1.165) is 18.5 Å². The van der Waals surface area contributed by atoms with Crippen LogP contribution < -0.4 is 0 Å². The summed E-state index contributed by atoms with van der Waals surface area (Å²) in [6, 6.07) is -0.303. The van der Waals surface area contributed by atoms with Gasteiger partial charge in [-0.05, 0) is 18.6 Å². The Balaban J connectivity index is 1.90. The Kier molecular flexibility index (Phi) is 5.19. The third-order valence-corrected chi connectivity index (χ3v) is 3.23. The van der Waals surface area contributed by atoms with Gasteiger partial charge in [0, 0.05) is 25.8 Å². The standard InChI is InChI=1S/C12H19N5O3/c1-9(12(18)20-7-6-19-2)17-5-3-4-10(8-17)11-13-15-16-14-11/h4,9H,3,5-8H2,1-2H3,(H,13,14,15,16). The molecule has 0 fully saturated rings. The van der Waals surface area contributed by atoms with Crippen LogP contribution in [0, 0.1) is 0 Å². The molecule has 0 radical (unpaired) electrons. The number of methoxy groups -OCH3 is 1. The molecule has 0 saturated carbocycles. The molecule has 0 spiro atoms. The van der Waals surface area contributed by atoms with E-state index >= 15 is 0 Å². The lowest BCUT2D eigenvalue weighted by atomic mass is 10.1. The first-order chi connectivity index (χ1) is 9.72. The summed E-state index contributed by atoms with van der Waals surface area (Å²) in [7, 11) is 1.57. The largest absolute Gasteiger partial charge is 0.462 e. The van der Waals surface area contributed by atoms with Crippen LogP contribution in [0.5, 0.6) is 0 Å². The van der Waals surface area contributed by atoms with Crippen LogP contribution in [0.2, 0.25) is 0 Å². The van der Waals surface area contributed by atoms with Crippen molar-refractivity contribution in [3.05, 3.63) is 11.9 Å². The highest BCUT2D eigenvalue weighted by Crippen LogP contribution is 2.19. The highest BCUT2D eigenvalue weighted by molar-refractivity contribution is 5.76. The number of ether oxygens (including phenoxy) is 2. The van der Waals surface area contributed by atoms with E-state index in [1.165, 1.54) is 0 Å². The highest BCUT2D eigenvalue weighted by Gasteiger charge is 2.26. The molecule has 8 nitrogen and oxygen atoms in total. The van der Waals surface area contributed by atoms with E-state index in [1.807, 2.05) is 11.8 Å². The molecule has 1 aromatic heterocycles. The van der Waals surface area contributed by atoms with Gasteiger partial charge in [-0.25, -0.2) is 0 Å². The molecule has 0 bridgehead atoms. The first-order valence-electron chi connectivity index (χ1n) is 6.55. The lowest BCUT2D eigenvalue weighted by Gasteiger charge is -2.30. The van der Waals surface area contributed by atoms with Crippen LogP contribution in [0.3, 0.4) is 0 Å². The number of carbonyl (C=O) groups is 1. The fraction of sp³-hybridized carbons (Fsp3) is 0.667. The summed E-state index contributed by atoms with van der Waals surface area (Å²) in [4.78, 5) is 14.0. The van der Waals surface area contributed by atoms with E-state index in [1.54, 1.807) is 7.11 Å². The smallest absolute Gasteiger partial charge is 0.323 e. The zero-order valence-electron chi connectivity index (χ0n) is 11.7. The summed E-state index contributed by atoms with van der Waals surface area (Å²) in [6.07, 6.45) is 2.92. The Bertz CT molecular complexity index is 460. The number of esters is 1. The van der Waals surface area contributed by atoms with Crippen LogP contribution in [-0.4, -0.2) is 70.9 Å². The van der Waals surface area contributed by atoms with Crippen molar-refractivity contribution in [2.45, 2.75) is 19.4 Å². The molecular weight excluding hydrogens is 262 g/mol. The van der Waals surface area contributed by atoms with Gasteiger partial charge in [-0.1, -0.05) is 6.08 Å². The summed E-state index contributed by atoms with van der Waals surface area (Å²) < 4.78 is 10.0. The minimum Gasteiger partial charge on any atom is -0.462 e. The molecule has 1 aromatic rings. The number of H-pyrrole nitrogens is 1. The molecule has 0 aliphatic carbocycles. The van der Waals surface area contributed by atoms with Gasteiger partial charge in [-0.15, -0.1) is 10.2 Å². The van der Waals surface area contributed by atoms with Gasteiger partial charge in [0.1, 0.15) is 12.6 Å². The SMILES string of the molecule is COCCOC(=O)C(C)N1CCC=C(c2nn[nH]n2)C1. The minimum atomic E-state index is -0.303. The van der Waals surface area contributed by atoms with Gasteiger partial charge < -0.3 is 9.47 Å². The van der Waals surface area contributed by atoms with Gasteiger partial charge in [0.2, 0.25) is 5.82 Å². The average molecular weight is 281 g/mol. The van der Waals surface area contributed by atoms with Crippen molar-refractivity contribution in [1.29, 1.82) is 0 Å². The zero-order valence-corrected chi connectivity index (χ0v) is 11.7. The average Bonchev–Trinajstić information content (AvgIpc) is 3.01. The number of tetrazole rings is 1. The maximum Gasteiger partial charge on any atom is 0.323 e. The second-order valence-electron chi connectivity index (χ2n) is 4.56. The van der Waals surface area contributed by atoms with Crippen molar-refractivity contribution in [3.8, 4) is 0 Å². The molecule has 8 heteroatoms. The van der Waals surface area contributed by atoms with Crippen molar-refractivity contribution in [1.82, 2.24) is 25.5 Å². The molecule has 2 heterocycles. The molecule has 20 heavy (non-hydrogen) atoms. The number of hydrogen-bond acceptors (Lipinski definition) is 7. The number of nitrogens with zero attached hydrogens (tertiary/aromatic N) is 4. The third-order valence-electron chi connectivity index (χ3n) is 3.23. The predicted molar refractivity (Wildman–Crippen MR) is 70.6 cm³/mol. The Labute approximate surface area is 117 Å². The summed E-state index contributed by atoms with van der Waals surface area (Å²) in [5.41, 5.74) is 0.974. The molecule has 0 amide bonds. The van der Waals surface area contributed by atoms with Crippen LogP contribution in [0.25, 0.3) is 5.57 Å². The van der Waals surface area contributed by atoms with Gasteiger partial charge in [0.05, 0.1) is 6.61 Å². The van der Waals surface area contributed by atoms with Crippen molar-refractivity contribution >= 4 is 11.5 Å². The first kappa shape index (κ1) is 14.6. The number of nitrogens with one attached hydrogen (secondary N) is 1. The minimum absolute atomic E-state index is 0.239. The van der Waals surface area contributed by atoms with Gasteiger partial charge >= 0.3 is 5.97 Å². The number of carbonyl (C=O) groups excluding carboxylic acids is 1. The monoisotopic (exact) mass is 281 g/mol. The van der Waals surface area contributed by atoms with Gasteiger partial charge in [0.25, 0.3) is 0 Å². The van der Waals surface area contributed by atoms with E-state index in [0.29, 0.717) is 19.0 Å². The van der Waals surface area contributed by atoms with Crippen LogP contribution in [-0.2, 0) is 14.3 Å². The third kappa shape index (κ3) is 3.61. The number of aromatic amines is 1. The fourth-order valence-electron chi connectivity index (χ4n) is 2.05. The molecular formula is C12H19N5O3. The molecule has 1 aliphatic heterocycles. The Morgan fingerprint density at radius 1 is 1.55 bits per heavy atom. The lowest BCUT2D eigenvalue weighted by molar-refractivity contribution is -0.150. The van der Waals surface area contributed by atoms with E-state index < -0.39 is 0 Å². The van der Waals surface area contributed by atoms with Gasteiger partial charge in [0.15, 0.2) is 0 Å². The maximum absolute atomic E-state index is 11.9. The molecule has 1 atom stereocenters. The molecule has 1 aliphatic rings. The summed E-state index contributed by atoms with van der Waals surface area (Å²) in [6.45, 7) is 3.95. The second-order valence-corrected chi connectivity index (χ2v) is 4.56. The van der Waals surface area contributed by atoms with Crippen molar-refractivity contribution in [2.75, 3.05) is 33.4 Å². The molecule has 110 valence electrons. The number of hydrogen-bond donors (Lipinski definition) is 1.